The molecule has 0 radical (unpaired) electrons. The first-order chi connectivity index (χ1) is 9.24. The van der Waals surface area contributed by atoms with Crippen LogP contribution < -0.4 is 10.5 Å². The SMILES string of the molecule is Cc1ccc2nc(Oc3ccc(CN)cc3)sc2c1. The van der Waals surface area contributed by atoms with Crippen molar-refractivity contribution in [1.29, 1.82) is 0 Å². The molecule has 3 rings (SSSR count). The average Bonchev–Trinajstić information content (AvgIpc) is 2.81. The Labute approximate surface area is 115 Å². The number of aryl methyl sites for hydroxylation is 1. The van der Waals surface area contributed by atoms with Crippen LogP contribution in [0.25, 0.3) is 10.2 Å². The van der Waals surface area contributed by atoms with Gasteiger partial charge in [0.15, 0.2) is 0 Å². The Hall–Kier alpha value is -1.91. The van der Waals surface area contributed by atoms with Gasteiger partial charge in [-0.05, 0) is 42.3 Å². The number of nitrogens with two attached hydrogens (primary N) is 1. The number of nitrogens with zero attached hydrogens (tertiary/aromatic N) is 1. The van der Waals surface area contributed by atoms with Crippen molar-refractivity contribution in [3.8, 4) is 10.9 Å². The topological polar surface area (TPSA) is 48.1 Å². The molecule has 2 aromatic carbocycles. The van der Waals surface area contributed by atoms with E-state index in [1.54, 1.807) is 11.3 Å². The van der Waals surface area contributed by atoms with Gasteiger partial charge in [0.1, 0.15) is 5.75 Å². The third-order valence-corrected chi connectivity index (χ3v) is 3.78. The van der Waals surface area contributed by atoms with E-state index >= 15 is 0 Å². The highest BCUT2D eigenvalue weighted by Crippen LogP contribution is 2.31. The molecule has 0 spiro atoms. The summed E-state index contributed by atoms with van der Waals surface area (Å²) >= 11 is 1.56. The first-order valence-corrected chi connectivity index (χ1v) is 6.90. The predicted octanol–water partition coefficient (Wildman–Crippen LogP) is 3.86. The summed E-state index contributed by atoms with van der Waals surface area (Å²) in [5, 5.41) is 0.668. The fourth-order valence-corrected chi connectivity index (χ4v) is 2.78. The van der Waals surface area contributed by atoms with E-state index in [0.717, 1.165) is 21.5 Å². The van der Waals surface area contributed by atoms with E-state index < -0.39 is 0 Å². The molecule has 2 N–H and O–H groups in total. The zero-order valence-electron chi connectivity index (χ0n) is 10.6. The number of hydrogen-bond acceptors (Lipinski definition) is 4. The van der Waals surface area contributed by atoms with Crippen molar-refractivity contribution < 1.29 is 4.74 Å². The number of rotatable bonds is 3. The lowest BCUT2D eigenvalue weighted by Gasteiger charge is -2.02. The molecule has 0 unspecified atom stereocenters. The van der Waals surface area contributed by atoms with E-state index in [9.17, 15) is 0 Å². The number of fused-ring (bicyclic) bond motifs is 1. The van der Waals surface area contributed by atoms with Crippen LogP contribution >= 0.6 is 11.3 Å². The van der Waals surface area contributed by atoms with Gasteiger partial charge < -0.3 is 10.5 Å². The lowest BCUT2D eigenvalue weighted by molar-refractivity contribution is 0.480. The minimum absolute atomic E-state index is 0.542. The summed E-state index contributed by atoms with van der Waals surface area (Å²) in [4.78, 5) is 4.46. The van der Waals surface area contributed by atoms with Crippen molar-refractivity contribution >= 4 is 21.6 Å². The van der Waals surface area contributed by atoms with Crippen LogP contribution in [0.15, 0.2) is 42.5 Å². The third kappa shape index (κ3) is 2.59. The van der Waals surface area contributed by atoms with Gasteiger partial charge in [0, 0.05) is 6.54 Å². The van der Waals surface area contributed by atoms with Crippen molar-refractivity contribution in [2.24, 2.45) is 5.73 Å². The summed E-state index contributed by atoms with van der Waals surface area (Å²) in [7, 11) is 0. The number of thiazole rings is 1. The monoisotopic (exact) mass is 270 g/mol. The molecule has 0 amide bonds. The van der Waals surface area contributed by atoms with Gasteiger partial charge in [0.25, 0.3) is 5.19 Å². The molecule has 0 fully saturated rings. The van der Waals surface area contributed by atoms with Crippen LogP contribution in [-0.2, 0) is 6.54 Å². The van der Waals surface area contributed by atoms with Crippen molar-refractivity contribution in [3.63, 3.8) is 0 Å². The third-order valence-electron chi connectivity index (χ3n) is 2.89. The first kappa shape index (κ1) is 12.1. The molecule has 0 bridgehead atoms. The summed E-state index contributed by atoms with van der Waals surface area (Å²) in [6.45, 7) is 2.62. The van der Waals surface area contributed by atoms with Crippen molar-refractivity contribution in [3.05, 3.63) is 53.6 Å². The van der Waals surface area contributed by atoms with Crippen molar-refractivity contribution in [1.82, 2.24) is 4.98 Å². The molecule has 3 aromatic rings. The highest BCUT2D eigenvalue weighted by atomic mass is 32.1. The van der Waals surface area contributed by atoms with Crippen molar-refractivity contribution in [2.75, 3.05) is 0 Å². The van der Waals surface area contributed by atoms with E-state index in [1.807, 2.05) is 30.3 Å². The van der Waals surface area contributed by atoms with Gasteiger partial charge in [0.05, 0.1) is 10.2 Å². The highest BCUT2D eigenvalue weighted by Gasteiger charge is 2.06. The molecule has 1 heterocycles. The number of hydrogen-bond donors (Lipinski definition) is 1. The maximum Gasteiger partial charge on any atom is 0.279 e. The summed E-state index contributed by atoms with van der Waals surface area (Å²) in [5.74, 6) is 0.785. The largest absolute Gasteiger partial charge is 0.431 e. The Morgan fingerprint density at radius 2 is 1.95 bits per heavy atom. The second kappa shape index (κ2) is 4.99. The van der Waals surface area contributed by atoms with Gasteiger partial charge in [-0.2, -0.15) is 0 Å². The van der Waals surface area contributed by atoms with E-state index in [0.29, 0.717) is 11.7 Å². The van der Waals surface area contributed by atoms with Gasteiger partial charge >= 0.3 is 0 Å². The molecule has 1 aromatic heterocycles. The summed E-state index contributed by atoms with van der Waals surface area (Å²) in [5.41, 5.74) is 8.86. The zero-order valence-corrected chi connectivity index (χ0v) is 11.4. The van der Waals surface area contributed by atoms with Crippen LogP contribution in [0.2, 0.25) is 0 Å². The van der Waals surface area contributed by atoms with Gasteiger partial charge in [-0.1, -0.05) is 29.5 Å². The Morgan fingerprint density at radius 1 is 1.16 bits per heavy atom. The van der Waals surface area contributed by atoms with Gasteiger partial charge in [-0.15, -0.1) is 0 Å². The molecule has 0 saturated carbocycles. The second-order valence-electron chi connectivity index (χ2n) is 4.40. The quantitative estimate of drug-likeness (QED) is 0.786. The Kier molecular flexibility index (Phi) is 3.19. The molecular weight excluding hydrogens is 256 g/mol. The molecule has 19 heavy (non-hydrogen) atoms. The minimum atomic E-state index is 0.542. The van der Waals surface area contributed by atoms with Gasteiger partial charge in [-0.25, -0.2) is 4.98 Å². The van der Waals surface area contributed by atoms with Gasteiger partial charge in [0.2, 0.25) is 0 Å². The summed E-state index contributed by atoms with van der Waals surface area (Å²) in [6.07, 6.45) is 0. The lowest BCUT2D eigenvalue weighted by atomic mass is 10.2. The number of benzene rings is 2. The molecule has 4 heteroatoms. The Balaban J connectivity index is 1.87. The van der Waals surface area contributed by atoms with E-state index in [2.05, 4.69) is 24.0 Å². The molecular formula is C15H14N2OS. The van der Waals surface area contributed by atoms with Gasteiger partial charge in [-0.3, -0.25) is 0 Å². The fourth-order valence-electron chi connectivity index (χ4n) is 1.85. The van der Waals surface area contributed by atoms with Crippen LogP contribution in [0.3, 0.4) is 0 Å². The molecule has 0 atom stereocenters. The molecule has 0 aliphatic carbocycles. The minimum Gasteiger partial charge on any atom is -0.431 e. The standard InChI is InChI=1S/C15H14N2OS/c1-10-2-7-13-14(8-10)19-15(17-13)18-12-5-3-11(9-16)4-6-12/h2-8H,9,16H2,1H3. The normalized spacial score (nSPS) is 10.8. The maximum atomic E-state index is 5.77. The number of aromatic nitrogens is 1. The first-order valence-electron chi connectivity index (χ1n) is 6.08. The molecule has 0 aliphatic rings. The van der Waals surface area contributed by atoms with Crippen LogP contribution in [-0.4, -0.2) is 4.98 Å². The van der Waals surface area contributed by atoms with Crippen LogP contribution in [0.5, 0.6) is 10.9 Å². The predicted molar refractivity (Wildman–Crippen MR) is 78.8 cm³/mol. The molecule has 96 valence electrons. The average molecular weight is 270 g/mol. The Bertz CT molecular complexity index is 704. The molecule has 3 nitrogen and oxygen atoms in total. The Morgan fingerprint density at radius 3 is 2.68 bits per heavy atom. The zero-order chi connectivity index (χ0) is 13.2. The van der Waals surface area contributed by atoms with E-state index in [-0.39, 0.29) is 0 Å². The number of ether oxygens (including phenoxy) is 1. The highest BCUT2D eigenvalue weighted by molar-refractivity contribution is 7.20. The second-order valence-corrected chi connectivity index (χ2v) is 5.39. The van der Waals surface area contributed by atoms with E-state index in [1.165, 1.54) is 5.56 Å². The van der Waals surface area contributed by atoms with Crippen LogP contribution in [0.1, 0.15) is 11.1 Å². The molecule has 0 aliphatic heterocycles. The smallest absolute Gasteiger partial charge is 0.279 e. The summed E-state index contributed by atoms with van der Waals surface area (Å²) < 4.78 is 6.92. The lowest BCUT2D eigenvalue weighted by Crippen LogP contribution is -1.95. The van der Waals surface area contributed by atoms with Crippen LogP contribution in [0.4, 0.5) is 0 Å². The van der Waals surface area contributed by atoms with Crippen molar-refractivity contribution in [2.45, 2.75) is 13.5 Å². The van der Waals surface area contributed by atoms with E-state index in [4.69, 9.17) is 10.5 Å². The molecule has 0 saturated heterocycles. The fraction of sp³-hybridized carbons (Fsp3) is 0.133. The summed E-state index contributed by atoms with van der Waals surface area (Å²) in [6, 6.07) is 14.0. The van der Waals surface area contributed by atoms with Crippen LogP contribution in [0, 0.1) is 6.92 Å². The maximum absolute atomic E-state index is 5.77.